The minimum Gasteiger partial charge on any atom is -0.348 e. The average molecular weight is 372 g/mol. The summed E-state index contributed by atoms with van der Waals surface area (Å²) >= 11 is 0. The molecule has 1 aliphatic heterocycles. The van der Waals surface area contributed by atoms with Gasteiger partial charge >= 0.3 is 0 Å². The van der Waals surface area contributed by atoms with Crippen LogP contribution < -0.4 is 10.6 Å². The van der Waals surface area contributed by atoms with Gasteiger partial charge in [0.25, 0.3) is 0 Å². The monoisotopic (exact) mass is 372 g/mol. The van der Waals surface area contributed by atoms with Crippen molar-refractivity contribution in [1.82, 2.24) is 30.6 Å². The van der Waals surface area contributed by atoms with Crippen molar-refractivity contribution in [3.05, 3.63) is 29.7 Å². The molecule has 2 N–H and O–H groups in total. The molecule has 146 valence electrons. The number of piperidine rings is 1. The maximum atomic E-state index is 11.9. The summed E-state index contributed by atoms with van der Waals surface area (Å²) in [4.78, 5) is 16.4. The van der Waals surface area contributed by atoms with Crippen LogP contribution in [0.25, 0.3) is 0 Å². The number of hydrogen-bond donors (Lipinski definition) is 2. The van der Waals surface area contributed by atoms with E-state index in [4.69, 9.17) is 4.52 Å². The second-order valence-electron chi connectivity index (χ2n) is 7.76. The number of amides is 1. The zero-order valence-electron chi connectivity index (χ0n) is 16.0. The van der Waals surface area contributed by atoms with Gasteiger partial charge in [0, 0.05) is 49.7 Å². The van der Waals surface area contributed by atoms with E-state index < -0.39 is 0 Å². The number of hydrogen-bond acceptors (Lipinski definition) is 6. The number of carbonyl (C=O) groups excluding carboxylic acids is 1. The van der Waals surface area contributed by atoms with Crippen LogP contribution >= 0.6 is 0 Å². The van der Waals surface area contributed by atoms with E-state index in [1.165, 1.54) is 0 Å². The number of nitrogens with one attached hydrogen (secondary N) is 2. The predicted molar refractivity (Wildman–Crippen MR) is 98.9 cm³/mol. The molecule has 1 aliphatic carbocycles. The van der Waals surface area contributed by atoms with Crippen molar-refractivity contribution in [2.24, 2.45) is 7.05 Å². The molecule has 8 nitrogen and oxygen atoms in total. The second kappa shape index (κ2) is 7.80. The van der Waals surface area contributed by atoms with Crippen molar-refractivity contribution in [1.29, 1.82) is 0 Å². The van der Waals surface area contributed by atoms with Crippen LogP contribution in [0.5, 0.6) is 0 Å². The first-order chi connectivity index (χ1) is 13.1. The SMILES string of the molecule is CCc1noc(C2CCC(N[C@@H]3CCC(=O)N[C@H]3c3cnn(C)c3)CC2)n1. The Hall–Kier alpha value is -2.22. The fourth-order valence-electron chi connectivity index (χ4n) is 4.28. The maximum absolute atomic E-state index is 11.9. The molecule has 1 saturated carbocycles. The zero-order chi connectivity index (χ0) is 18.8. The lowest BCUT2D eigenvalue weighted by molar-refractivity contribution is -0.124. The van der Waals surface area contributed by atoms with Gasteiger partial charge in [0.2, 0.25) is 11.8 Å². The highest BCUT2D eigenvalue weighted by molar-refractivity contribution is 5.77. The van der Waals surface area contributed by atoms with Crippen LogP contribution in [0.2, 0.25) is 0 Å². The van der Waals surface area contributed by atoms with Crippen LogP contribution in [0.4, 0.5) is 0 Å². The molecular formula is C19H28N6O2. The molecule has 8 heteroatoms. The average Bonchev–Trinajstić information content (AvgIpc) is 3.33. The molecule has 1 amide bonds. The first-order valence-corrected chi connectivity index (χ1v) is 9.98. The third-order valence-corrected chi connectivity index (χ3v) is 5.81. The van der Waals surface area contributed by atoms with Gasteiger partial charge in [0.15, 0.2) is 5.82 Å². The first kappa shape index (κ1) is 18.2. The summed E-state index contributed by atoms with van der Waals surface area (Å²) in [6, 6.07) is 0.679. The molecule has 2 aromatic rings. The van der Waals surface area contributed by atoms with Crippen molar-refractivity contribution < 1.29 is 9.32 Å². The Balaban J connectivity index is 1.36. The highest BCUT2D eigenvalue weighted by Gasteiger charge is 2.34. The largest absolute Gasteiger partial charge is 0.348 e. The van der Waals surface area contributed by atoms with Crippen molar-refractivity contribution in [3.8, 4) is 0 Å². The maximum Gasteiger partial charge on any atom is 0.229 e. The van der Waals surface area contributed by atoms with Crippen molar-refractivity contribution in [2.45, 2.75) is 75.9 Å². The zero-order valence-corrected chi connectivity index (χ0v) is 16.0. The van der Waals surface area contributed by atoms with E-state index in [2.05, 4.69) is 25.9 Å². The fraction of sp³-hybridized carbons (Fsp3) is 0.684. The smallest absolute Gasteiger partial charge is 0.229 e. The second-order valence-corrected chi connectivity index (χ2v) is 7.76. The van der Waals surface area contributed by atoms with E-state index in [1.807, 2.05) is 26.4 Å². The Morgan fingerprint density at radius 3 is 2.78 bits per heavy atom. The van der Waals surface area contributed by atoms with Gasteiger partial charge in [-0.2, -0.15) is 10.1 Å². The minimum absolute atomic E-state index is 0.0132. The standard InChI is InChI=1S/C19H28N6O2/c1-3-16-22-19(27-24-16)12-4-6-14(7-5-12)21-15-8-9-17(26)23-18(15)13-10-20-25(2)11-13/h10-12,14-15,18,21H,3-9H2,1-2H3,(H,23,26)/t12?,14?,15-,18+/m1/s1. The van der Waals surface area contributed by atoms with Gasteiger partial charge in [-0.1, -0.05) is 12.1 Å². The summed E-state index contributed by atoms with van der Waals surface area (Å²) in [6.45, 7) is 2.04. The molecule has 0 bridgehead atoms. The van der Waals surface area contributed by atoms with E-state index >= 15 is 0 Å². The summed E-state index contributed by atoms with van der Waals surface area (Å²) < 4.78 is 7.22. The lowest BCUT2D eigenvalue weighted by Crippen LogP contribution is -2.51. The van der Waals surface area contributed by atoms with Crippen molar-refractivity contribution in [2.75, 3.05) is 0 Å². The van der Waals surface area contributed by atoms with Crippen LogP contribution in [-0.4, -0.2) is 37.9 Å². The highest BCUT2D eigenvalue weighted by Crippen LogP contribution is 2.33. The minimum atomic E-state index is -0.0132. The first-order valence-electron chi connectivity index (χ1n) is 9.98. The number of aromatic nitrogens is 4. The summed E-state index contributed by atoms with van der Waals surface area (Å²) in [5.74, 6) is 2.08. The molecule has 0 radical (unpaired) electrons. The van der Waals surface area contributed by atoms with Gasteiger partial charge < -0.3 is 15.2 Å². The molecular weight excluding hydrogens is 344 g/mol. The molecule has 2 fully saturated rings. The molecule has 2 atom stereocenters. The number of carbonyl (C=O) groups is 1. The molecule has 0 aromatic carbocycles. The summed E-state index contributed by atoms with van der Waals surface area (Å²) in [7, 11) is 1.90. The van der Waals surface area contributed by atoms with E-state index in [0.717, 1.165) is 55.8 Å². The van der Waals surface area contributed by atoms with Crippen LogP contribution in [0, 0.1) is 0 Å². The van der Waals surface area contributed by atoms with E-state index in [9.17, 15) is 4.79 Å². The number of aryl methyl sites for hydroxylation is 2. The van der Waals surface area contributed by atoms with Gasteiger partial charge in [-0.25, -0.2) is 0 Å². The molecule has 2 aliphatic rings. The Kier molecular flexibility index (Phi) is 5.24. The quantitative estimate of drug-likeness (QED) is 0.833. The summed E-state index contributed by atoms with van der Waals surface area (Å²) in [5.41, 5.74) is 1.06. The van der Waals surface area contributed by atoms with Gasteiger partial charge in [-0.15, -0.1) is 0 Å². The van der Waals surface area contributed by atoms with Crippen molar-refractivity contribution in [3.63, 3.8) is 0 Å². The van der Waals surface area contributed by atoms with Crippen LogP contribution in [0.1, 0.15) is 74.7 Å². The number of nitrogens with zero attached hydrogens (tertiary/aromatic N) is 4. The van der Waals surface area contributed by atoms with Gasteiger partial charge in [0.05, 0.1) is 12.2 Å². The molecule has 1 saturated heterocycles. The van der Waals surface area contributed by atoms with Gasteiger partial charge in [-0.3, -0.25) is 9.48 Å². The third kappa shape index (κ3) is 4.05. The topological polar surface area (TPSA) is 97.9 Å². The molecule has 0 unspecified atom stereocenters. The Morgan fingerprint density at radius 1 is 1.30 bits per heavy atom. The Morgan fingerprint density at radius 2 is 2.11 bits per heavy atom. The summed E-state index contributed by atoms with van der Waals surface area (Å²) in [5, 5.41) is 15.2. The highest BCUT2D eigenvalue weighted by atomic mass is 16.5. The van der Waals surface area contributed by atoms with Crippen LogP contribution in [0.15, 0.2) is 16.9 Å². The fourth-order valence-corrected chi connectivity index (χ4v) is 4.28. The lowest BCUT2D eigenvalue weighted by Gasteiger charge is -2.37. The third-order valence-electron chi connectivity index (χ3n) is 5.81. The molecule has 4 rings (SSSR count). The van der Waals surface area contributed by atoms with Crippen LogP contribution in [-0.2, 0) is 18.3 Å². The van der Waals surface area contributed by atoms with Gasteiger partial charge in [-0.05, 0) is 32.1 Å². The Bertz CT molecular complexity index is 777. The number of rotatable bonds is 5. The van der Waals surface area contributed by atoms with E-state index in [1.54, 1.807) is 4.68 Å². The van der Waals surface area contributed by atoms with Crippen LogP contribution in [0.3, 0.4) is 0 Å². The molecule has 0 spiro atoms. The van der Waals surface area contributed by atoms with E-state index in [0.29, 0.717) is 18.4 Å². The van der Waals surface area contributed by atoms with Crippen molar-refractivity contribution >= 4 is 5.91 Å². The lowest BCUT2D eigenvalue weighted by atomic mass is 9.84. The van der Waals surface area contributed by atoms with E-state index in [-0.39, 0.29) is 18.0 Å². The predicted octanol–water partition coefficient (Wildman–Crippen LogP) is 2.00. The molecule has 27 heavy (non-hydrogen) atoms. The van der Waals surface area contributed by atoms with Gasteiger partial charge in [0.1, 0.15) is 0 Å². The summed E-state index contributed by atoms with van der Waals surface area (Å²) in [6.07, 6.45) is 10.4. The normalized spacial score (nSPS) is 28.9. The molecule has 3 heterocycles. The Labute approximate surface area is 159 Å². The molecule has 2 aromatic heterocycles.